The van der Waals surface area contributed by atoms with Gasteiger partial charge < -0.3 is 15.2 Å². The van der Waals surface area contributed by atoms with Crippen molar-refractivity contribution >= 4 is 11.9 Å². The first-order chi connectivity index (χ1) is 10.9. The van der Waals surface area contributed by atoms with E-state index in [-0.39, 0.29) is 18.6 Å². The minimum Gasteiger partial charge on any atom is -0.481 e. The molecule has 1 amide bonds. The van der Waals surface area contributed by atoms with Crippen molar-refractivity contribution in [1.82, 2.24) is 5.32 Å². The number of para-hydroxylation sites is 1. The molecule has 0 atom stereocenters. The summed E-state index contributed by atoms with van der Waals surface area (Å²) in [5.41, 5.74) is -0.393. The van der Waals surface area contributed by atoms with E-state index in [2.05, 4.69) is 10.1 Å². The fourth-order valence-corrected chi connectivity index (χ4v) is 3.06. The van der Waals surface area contributed by atoms with Crippen LogP contribution in [0.25, 0.3) is 0 Å². The van der Waals surface area contributed by atoms with Crippen LogP contribution in [-0.4, -0.2) is 29.1 Å². The highest BCUT2D eigenvalue weighted by molar-refractivity contribution is 5.81. The van der Waals surface area contributed by atoms with Gasteiger partial charge in [-0.2, -0.15) is 8.78 Å². The monoisotopic (exact) mass is 327 g/mol. The zero-order valence-corrected chi connectivity index (χ0v) is 12.6. The molecule has 7 heteroatoms. The molecule has 0 aromatic heterocycles. The van der Waals surface area contributed by atoms with E-state index in [0.717, 1.165) is 12.8 Å². The third-order valence-corrected chi connectivity index (χ3v) is 3.99. The van der Waals surface area contributed by atoms with Gasteiger partial charge in [0.25, 0.3) is 0 Å². The Balaban J connectivity index is 2.05. The number of nitrogens with one attached hydrogen (secondary N) is 1. The van der Waals surface area contributed by atoms with Crippen LogP contribution in [0.15, 0.2) is 24.3 Å². The summed E-state index contributed by atoms with van der Waals surface area (Å²) in [5.74, 6) is -1.40. The molecule has 1 aromatic carbocycles. The van der Waals surface area contributed by atoms with E-state index in [9.17, 15) is 18.4 Å². The molecule has 1 saturated carbocycles. The van der Waals surface area contributed by atoms with Gasteiger partial charge in [-0.05, 0) is 18.9 Å². The van der Waals surface area contributed by atoms with Crippen LogP contribution in [0, 0.1) is 0 Å². The van der Waals surface area contributed by atoms with Gasteiger partial charge in [0.1, 0.15) is 5.75 Å². The number of carbonyl (C=O) groups excluding carboxylic acids is 1. The molecular weight excluding hydrogens is 308 g/mol. The number of carboxylic acids is 1. The SMILES string of the molecule is O=C(O)CC1(NC(=O)Cc2ccccc2OC(F)F)CCCC1. The van der Waals surface area contributed by atoms with Gasteiger partial charge in [-0.15, -0.1) is 0 Å². The predicted molar refractivity (Wildman–Crippen MR) is 78.4 cm³/mol. The van der Waals surface area contributed by atoms with Crippen molar-refractivity contribution in [2.45, 2.75) is 50.7 Å². The fraction of sp³-hybridized carbons (Fsp3) is 0.500. The number of ether oxygens (including phenoxy) is 1. The van der Waals surface area contributed by atoms with E-state index < -0.39 is 24.0 Å². The lowest BCUT2D eigenvalue weighted by atomic mass is 9.92. The standard InChI is InChI=1S/C16H19F2NO4/c17-15(18)23-12-6-2-1-5-11(12)9-13(20)19-16(10-14(21)22)7-3-4-8-16/h1-2,5-6,15H,3-4,7-10H2,(H,19,20)(H,21,22). The second kappa shape index (κ2) is 7.39. The summed E-state index contributed by atoms with van der Waals surface area (Å²) in [6.07, 6.45) is 2.68. The largest absolute Gasteiger partial charge is 0.481 e. The molecule has 0 radical (unpaired) electrons. The van der Waals surface area contributed by atoms with Crippen LogP contribution in [0.3, 0.4) is 0 Å². The Morgan fingerprint density at radius 3 is 2.52 bits per heavy atom. The smallest absolute Gasteiger partial charge is 0.387 e. The molecule has 126 valence electrons. The van der Waals surface area contributed by atoms with Crippen LogP contribution in [-0.2, 0) is 16.0 Å². The number of amides is 1. The number of aliphatic carboxylic acids is 1. The molecule has 1 fully saturated rings. The molecule has 0 aliphatic heterocycles. The summed E-state index contributed by atoms with van der Waals surface area (Å²) < 4.78 is 29.2. The first-order valence-corrected chi connectivity index (χ1v) is 7.46. The lowest BCUT2D eigenvalue weighted by Crippen LogP contribution is -2.48. The molecule has 1 aliphatic rings. The van der Waals surface area contributed by atoms with Crippen molar-refractivity contribution < 1.29 is 28.2 Å². The molecule has 23 heavy (non-hydrogen) atoms. The number of hydrogen-bond donors (Lipinski definition) is 2. The van der Waals surface area contributed by atoms with E-state index in [1.54, 1.807) is 12.1 Å². The minimum atomic E-state index is -2.97. The first-order valence-electron chi connectivity index (χ1n) is 7.46. The van der Waals surface area contributed by atoms with Gasteiger partial charge in [0.15, 0.2) is 0 Å². The number of carbonyl (C=O) groups is 2. The molecular formula is C16H19F2NO4. The Morgan fingerprint density at radius 2 is 1.91 bits per heavy atom. The van der Waals surface area contributed by atoms with E-state index >= 15 is 0 Å². The maximum absolute atomic E-state index is 12.4. The van der Waals surface area contributed by atoms with Crippen LogP contribution in [0.4, 0.5) is 8.78 Å². The predicted octanol–water partition coefficient (Wildman–Crippen LogP) is 2.73. The third-order valence-electron chi connectivity index (χ3n) is 3.99. The van der Waals surface area contributed by atoms with Crippen LogP contribution >= 0.6 is 0 Å². The summed E-state index contributed by atoms with van der Waals surface area (Å²) in [6, 6.07) is 6.08. The molecule has 0 unspecified atom stereocenters. The summed E-state index contributed by atoms with van der Waals surface area (Å²) in [5, 5.41) is 11.8. The number of hydrogen-bond acceptors (Lipinski definition) is 3. The number of carboxylic acid groups (broad SMARTS) is 1. The second-order valence-electron chi connectivity index (χ2n) is 5.77. The molecule has 0 bridgehead atoms. The lowest BCUT2D eigenvalue weighted by molar-refractivity contribution is -0.139. The summed E-state index contributed by atoms with van der Waals surface area (Å²) in [4.78, 5) is 23.3. The van der Waals surface area contributed by atoms with Crippen molar-refractivity contribution in [2.24, 2.45) is 0 Å². The van der Waals surface area contributed by atoms with E-state index in [1.807, 2.05) is 0 Å². The Bertz CT molecular complexity index is 571. The summed E-state index contributed by atoms with van der Waals surface area (Å²) in [7, 11) is 0. The van der Waals surface area contributed by atoms with Crippen molar-refractivity contribution in [2.75, 3.05) is 0 Å². The minimum absolute atomic E-state index is 0.0450. The fourth-order valence-electron chi connectivity index (χ4n) is 3.06. The zero-order chi connectivity index (χ0) is 16.9. The van der Waals surface area contributed by atoms with Gasteiger partial charge in [-0.25, -0.2) is 0 Å². The van der Waals surface area contributed by atoms with Crippen molar-refractivity contribution in [1.29, 1.82) is 0 Å². The van der Waals surface area contributed by atoms with Crippen LogP contribution in [0.1, 0.15) is 37.7 Å². The highest BCUT2D eigenvalue weighted by Gasteiger charge is 2.37. The summed E-state index contributed by atoms with van der Waals surface area (Å²) >= 11 is 0. The number of rotatable bonds is 7. The van der Waals surface area contributed by atoms with Gasteiger partial charge >= 0.3 is 12.6 Å². The number of halogens is 2. The first kappa shape index (κ1) is 17.2. The summed E-state index contributed by atoms with van der Waals surface area (Å²) in [6.45, 7) is -2.97. The zero-order valence-electron chi connectivity index (χ0n) is 12.6. The van der Waals surface area contributed by atoms with Gasteiger partial charge in [-0.1, -0.05) is 31.0 Å². The molecule has 0 heterocycles. The van der Waals surface area contributed by atoms with Crippen LogP contribution < -0.4 is 10.1 Å². The van der Waals surface area contributed by atoms with E-state index in [1.165, 1.54) is 12.1 Å². The van der Waals surface area contributed by atoms with Gasteiger partial charge in [-0.3, -0.25) is 9.59 Å². The van der Waals surface area contributed by atoms with E-state index in [4.69, 9.17) is 5.11 Å². The Hall–Kier alpha value is -2.18. The van der Waals surface area contributed by atoms with Crippen molar-refractivity contribution in [3.8, 4) is 5.75 Å². The molecule has 1 aromatic rings. The maximum Gasteiger partial charge on any atom is 0.387 e. The molecule has 1 aliphatic carbocycles. The van der Waals surface area contributed by atoms with Crippen LogP contribution in [0.2, 0.25) is 0 Å². The quantitative estimate of drug-likeness (QED) is 0.807. The van der Waals surface area contributed by atoms with Crippen molar-refractivity contribution in [3.05, 3.63) is 29.8 Å². The Labute approximate surface area is 132 Å². The average Bonchev–Trinajstić information content (AvgIpc) is 2.87. The second-order valence-corrected chi connectivity index (χ2v) is 5.77. The molecule has 2 rings (SSSR count). The Kier molecular flexibility index (Phi) is 5.52. The number of alkyl halides is 2. The number of benzene rings is 1. The third kappa shape index (κ3) is 4.91. The highest BCUT2D eigenvalue weighted by atomic mass is 19.3. The molecule has 2 N–H and O–H groups in total. The van der Waals surface area contributed by atoms with E-state index in [0.29, 0.717) is 18.4 Å². The van der Waals surface area contributed by atoms with Gasteiger partial charge in [0.05, 0.1) is 18.4 Å². The molecule has 0 spiro atoms. The van der Waals surface area contributed by atoms with Crippen LogP contribution in [0.5, 0.6) is 5.75 Å². The van der Waals surface area contributed by atoms with Gasteiger partial charge in [0.2, 0.25) is 5.91 Å². The lowest BCUT2D eigenvalue weighted by Gasteiger charge is -2.28. The Morgan fingerprint density at radius 1 is 1.26 bits per heavy atom. The van der Waals surface area contributed by atoms with Gasteiger partial charge in [0, 0.05) is 5.56 Å². The highest BCUT2D eigenvalue weighted by Crippen LogP contribution is 2.33. The average molecular weight is 327 g/mol. The topological polar surface area (TPSA) is 75.6 Å². The normalized spacial score (nSPS) is 16.3. The van der Waals surface area contributed by atoms with Crippen molar-refractivity contribution in [3.63, 3.8) is 0 Å². The molecule has 0 saturated heterocycles. The molecule has 5 nitrogen and oxygen atoms in total. The maximum atomic E-state index is 12.4.